The molecule has 1 aliphatic carbocycles. The molecule has 0 atom stereocenters. The molecule has 4 rings (SSSR count). The lowest BCUT2D eigenvalue weighted by Crippen LogP contribution is -2.04. The van der Waals surface area contributed by atoms with Crippen LogP contribution >= 0.6 is 11.3 Å². The van der Waals surface area contributed by atoms with Crippen LogP contribution < -0.4 is 18.9 Å². The van der Waals surface area contributed by atoms with Crippen LogP contribution in [-0.4, -0.2) is 28.4 Å². The van der Waals surface area contributed by atoms with Crippen LogP contribution in [0.3, 0.4) is 0 Å². The highest BCUT2D eigenvalue weighted by atomic mass is 32.1. The Bertz CT molecular complexity index is 1060. The monoisotopic (exact) mass is 410 g/mol. The van der Waals surface area contributed by atoms with Crippen molar-refractivity contribution < 1.29 is 18.9 Å². The van der Waals surface area contributed by atoms with Crippen molar-refractivity contribution in [2.24, 2.45) is 0 Å². The molecular weight excluding hydrogens is 384 g/mol. The first kappa shape index (κ1) is 19.6. The zero-order valence-corrected chi connectivity index (χ0v) is 18.4. The molecule has 0 radical (unpaired) electrons. The predicted molar refractivity (Wildman–Crippen MR) is 119 cm³/mol. The fourth-order valence-corrected chi connectivity index (χ4v) is 5.25. The summed E-state index contributed by atoms with van der Waals surface area (Å²) in [7, 11) is 6.66. The van der Waals surface area contributed by atoms with Crippen LogP contribution in [0.4, 0.5) is 0 Å². The van der Waals surface area contributed by atoms with Crippen molar-refractivity contribution in [1.29, 1.82) is 0 Å². The Morgan fingerprint density at radius 1 is 0.862 bits per heavy atom. The Morgan fingerprint density at radius 3 is 2.07 bits per heavy atom. The smallest absolute Gasteiger partial charge is 0.203 e. The average molecular weight is 411 g/mol. The molecular formula is C24H26O4S. The van der Waals surface area contributed by atoms with Crippen molar-refractivity contribution in [3.05, 3.63) is 51.9 Å². The minimum atomic E-state index is 0.620. The molecule has 0 amide bonds. The molecule has 1 heterocycles. The highest BCUT2D eigenvalue weighted by Gasteiger charge is 2.24. The first-order chi connectivity index (χ1) is 14.1. The van der Waals surface area contributed by atoms with E-state index in [9.17, 15) is 0 Å². The molecule has 0 bridgehead atoms. The molecule has 1 saturated carbocycles. The molecule has 29 heavy (non-hydrogen) atoms. The molecule has 152 valence electrons. The lowest BCUT2D eigenvalue weighted by molar-refractivity contribution is 0.324. The van der Waals surface area contributed by atoms with E-state index in [2.05, 4.69) is 31.2 Å². The molecule has 0 saturated heterocycles. The molecule has 0 spiro atoms. The number of ether oxygens (including phenoxy) is 4. The third-order valence-electron chi connectivity index (χ3n) is 5.64. The standard InChI is InChI=1S/C24H26O4S/c1-14-18-10-9-17(25-2)13-21(18)29-24(14)22(15-7-6-8-15)16-11-19(26-3)23(28-5)20(12-16)27-4/h9-13H,6-8H2,1-5H3. The Hall–Kier alpha value is -2.66. The molecule has 4 nitrogen and oxygen atoms in total. The first-order valence-electron chi connectivity index (χ1n) is 9.71. The van der Waals surface area contributed by atoms with Gasteiger partial charge in [0.05, 0.1) is 28.4 Å². The topological polar surface area (TPSA) is 36.9 Å². The van der Waals surface area contributed by atoms with Crippen molar-refractivity contribution in [2.45, 2.75) is 26.2 Å². The number of benzene rings is 2. The van der Waals surface area contributed by atoms with Crippen LogP contribution in [0.1, 0.15) is 35.3 Å². The van der Waals surface area contributed by atoms with Gasteiger partial charge >= 0.3 is 0 Å². The van der Waals surface area contributed by atoms with Crippen molar-refractivity contribution in [3.63, 3.8) is 0 Å². The molecule has 0 unspecified atom stereocenters. The van der Waals surface area contributed by atoms with Crippen LogP contribution in [0.5, 0.6) is 23.0 Å². The summed E-state index contributed by atoms with van der Waals surface area (Å²) < 4.78 is 23.4. The number of allylic oxidation sites excluding steroid dienone is 1. The van der Waals surface area contributed by atoms with E-state index in [1.807, 2.05) is 17.4 Å². The predicted octanol–water partition coefficient (Wildman–Crippen LogP) is 6.23. The van der Waals surface area contributed by atoms with E-state index < -0.39 is 0 Å². The van der Waals surface area contributed by atoms with Crippen LogP contribution in [0.25, 0.3) is 15.7 Å². The third-order valence-corrected chi connectivity index (χ3v) is 6.91. The van der Waals surface area contributed by atoms with Crippen LogP contribution in [0, 0.1) is 6.92 Å². The van der Waals surface area contributed by atoms with Gasteiger partial charge in [-0.1, -0.05) is 5.57 Å². The van der Waals surface area contributed by atoms with Gasteiger partial charge in [-0.05, 0) is 78.6 Å². The van der Waals surface area contributed by atoms with E-state index in [0.717, 1.165) is 24.2 Å². The third kappa shape index (κ3) is 3.33. The van der Waals surface area contributed by atoms with Crippen molar-refractivity contribution in [1.82, 2.24) is 0 Å². The normalized spacial score (nSPS) is 13.2. The van der Waals surface area contributed by atoms with E-state index in [4.69, 9.17) is 18.9 Å². The van der Waals surface area contributed by atoms with Crippen molar-refractivity contribution >= 4 is 27.0 Å². The van der Waals surface area contributed by atoms with Gasteiger partial charge in [0.15, 0.2) is 11.5 Å². The summed E-state index contributed by atoms with van der Waals surface area (Å²) in [4.78, 5) is 1.30. The average Bonchev–Trinajstić information content (AvgIpc) is 3.04. The summed E-state index contributed by atoms with van der Waals surface area (Å²) in [5, 5.41) is 1.27. The summed E-state index contributed by atoms with van der Waals surface area (Å²) in [6, 6.07) is 10.4. The van der Waals surface area contributed by atoms with E-state index in [-0.39, 0.29) is 0 Å². The van der Waals surface area contributed by atoms with Gasteiger partial charge in [-0.15, -0.1) is 11.3 Å². The number of rotatable bonds is 6. The highest BCUT2D eigenvalue weighted by Crippen LogP contribution is 2.48. The fourth-order valence-electron chi connectivity index (χ4n) is 3.90. The van der Waals surface area contributed by atoms with Crippen molar-refractivity contribution in [2.75, 3.05) is 28.4 Å². The lowest BCUT2D eigenvalue weighted by atomic mass is 9.83. The molecule has 2 aromatic carbocycles. The molecule has 1 aromatic heterocycles. The number of fused-ring (bicyclic) bond motifs is 1. The first-order valence-corrected chi connectivity index (χ1v) is 10.5. The second kappa shape index (κ2) is 7.99. The Morgan fingerprint density at radius 2 is 1.55 bits per heavy atom. The van der Waals surface area contributed by atoms with Gasteiger partial charge in [0.1, 0.15) is 5.75 Å². The quantitative estimate of drug-likeness (QED) is 0.483. The Kier molecular flexibility index (Phi) is 5.41. The van der Waals surface area contributed by atoms with E-state index in [1.54, 1.807) is 28.4 Å². The van der Waals surface area contributed by atoms with Crippen LogP contribution in [0.2, 0.25) is 0 Å². The Labute approximate surface area is 175 Å². The minimum Gasteiger partial charge on any atom is -0.497 e. The molecule has 5 heteroatoms. The molecule has 0 N–H and O–H groups in total. The zero-order valence-electron chi connectivity index (χ0n) is 17.5. The molecule has 0 aliphatic heterocycles. The van der Waals surface area contributed by atoms with Crippen LogP contribution in [-0.2, 0) is 0 Å². The van der Waals surface area contributed by atoms with Gasteiger partial charge in [-0.2, -0.15) is 0 Å². The van der Waals surface area contributed by atoms with Crippen LogP contribution in [0.15, 0.2) is 35.9 Å². The summed E-state index contributed by atoms with van der Waals surface area (Å²) >= 11 is 1.82. The van der Waals surface area contributed by atoms with Gasteiger partial charge in [-0.3, -0.25) is 0 Å². The zero-order chi connectivity index (χ0) is 20.5. The molecule has 3 aromatic rings. The van der Waals surface area contributed by atoms with E-state index in [0.29, 0.717) is 17.2 Å². The number of methoxy groups -OCH3 is 4. The van der Waals surface area contributed by atoms with Gasteiger partial charge in [0.25, 0.3) is 0 Å². The highest BCUT2D eigenvalue weighted by molar-refractivity contribution is 7.20. The SMILES string of the molecule is COc1ccc2c(C)c(C(=C3CCC3)c3cc(OC)c(OC)c(OC)c3)sc2c1. The minimum absolute atomic E-state index is 0.620. The van der Waals surface area contributed by atoms with Gasteiger partial charge < -0.3 is 18.9 Å². The van der Waals surface area contributed by atoms with E-state index >= 15 is 0 Å². The summed E-state index contributed by atoms with van der Waals surface area (Å²) in [6.45, 7) is 2.21. The second-order valence-electron chi connectivity index (χ2n) is 7.16. The summed E-state index contributed by atoms with van der Waals surface area (Å²) in [6.07, 6.45) is 3.49. The largest absolute Gasteiger partial charge is 0.497 e. The van der Waals surface area contributed by atoms with Gasteiger partial charge in [0, 0.05) is 9.58 Å². The number of aryl methyl sites for hydroxylation is 1. The summed E-state index contributed by atoms with van der Waals surface area (Å²) in [5.74, 6) is 2.87. The second-order valence-corrected chi connectivity index (χ2v) is 8.22. The maximum atomic E-state index is 5.62. The number of thiophene rings is 1. The van der Waals surface area contributed by atoms with Crippen molar-refractivity contribution in [3.8, 4) is 23.0 Å². The maximum absolute atomic E-state index is 5.62. The molecule has 1 fully saturated rings. The summed E-state index contributed by atoms with van der Waals surface area (Å²) in [5.41, 5.74) is 5.20. The fraction of sp³-hybridized carbons (Fsp3) is 0.333. The van der Waals surface area contributed by atoms with Gasteiger partial charge in [-0.25, -0.2) is 0 Å². The maximum Gasteiger partial charge on any atom is 0.203 e. The number of hydrogen-bond acceptors (Lipinski definition) is 5. The number of hydrogen-bond donors (Lipinski definition) is 0. The molecule has 1 aliphatic rings. The van der Waals surface area contributed by atoms with E-state index in [1.165, 1.54) is 38.1 Å². The lowest BCUT2D eigenvalue weighted by Gasteiger charge is -2.24. The Balaban J connectivity index is 1.94. The van der Waals surface area contributed by atoms with Gasteiger partial charge in [0.2, 0.25) is 5.75 Å².